The monoisotopic (exact) mass is 506 g/mol. The number of hydrogen-bond donors (Lipinski definition) is 5. The van der Waals surface area contributed by atoms with E-state index in [1.165, 1.54) is 7.11 Å². The summed E-state index contributed by atoms with van der Waals surface area (Å²) in [5.74, 6) is 1.37. The first-order valence-electron chi connectivity index (χ1n) is 12.0. The minimum atomic E-state index is -1.46. The SMILES string of the molecule is COc1cc([C@H]2Oc3c(OC)cc(CCCO)cc3[C@H]2CO)ccc1O[C@@H]1O[C@@H](C)[C@H](O)[C@@H](O)[C@H]1O. The van der Waals surface area contributed by atoms with Crippen LogP contribution >= 0.6 is 0 Å². The second-order valence-corrected chi connectivity index (χ2v) is 9.08. The highest BCUT2D eigenvalue weighted by Gasteiger charge is 2.43. The highest BCUT2D eigenvalue weighted by molar-refractivity contribution is 5.56. The second-order valence-electron chi connectivity index (χ2n) is 9.08. The first-order chi connectivity index (χ1) is 17.3. The lowest BCUT2D eigenvalue weighted by atomic mass is 9.90. The third kappa shape index (κ3) is 4.97. The molecule has 2 aliphatic rings. The zero-order valence-corrected chi connectivity index (χ0v) is 20.5. The summed E-state index contributed by atoms with van der Waals surface area (Å²) in [5, 5.41) is 49.8. The normalized spacial score (nSPS) is 29.4. The van der Waals surface area contributed by atoms with E-state index in [0.717, 1.165) is 16.7 Å². The number of aliphatic hydroxyl groups is 5. The highest BCUT2D eigenvalue weighted by Crippen LogP contribution is 2.51. The molecule has 0 spiro atoms. The average Bonchev–Trinajstić information content (AvgIpc) is 3.27. The van der Waals surface area contributed by atoms with Crippen molar-refractivity contribution in [2.75, 3.05) is 27.4 Å². The first-order valence-corrected chi connectivity index (χ1v) is 12.0. The Balaban J connectivity index is 1.60. The number of aryl methyl sites for hydroxylation is 1. The van der Waals surface area contributed by atoms with Gasteiger partial charge in [-0.05, 0) is 49.1 Å². The van der Waals surface area contributed by atoms with Crippen LogP contribution in [0.3, 0.4) is 0 Å². The van der Waals surface area contributed by atoms with Crippen molar-refractivity contribution in [3.05, 3.63) is 47.0 Å². The zero-order chi connectivity index (χ0) is 26.0. The van der Waals surface area contributed by atoms with Gasteiger partial charge in [-0.25, -0.2) is 0 Å². The molecule has 7 atom stereocenters. The van der Waals surface area contributed by atoms with Crippen LogP contribution in [0.25, 0.3) is 0 Å². The molecular formula is C26H34O10. The number of ether oxygens (including phenoxy) is 5. The van der Waals surface area contributed by atoms with Gasteiger partial charge in [0.05, 0.1) is 32.8 Å². The molecule has 0 amide bonds. The number of rotatable bonds is 9. The van der Waals surface area contributed by atoms with Crippen LogP contribution in [0.4, 0.5) is 0 Å². The smallest absolute Gasteiger partial charge is 0.229 e. The van der Waals surface area contributed by atoms with Gasteiger partial charge in [0, 0.05) is 12.2 Å². The molecule has 0 unspecified atom stereocenters. The predicted octanol–water partition coefficient (Wildman–Crippen LogP) is 1.04. The molecule has 0 radical (unpaired) electrons. The van der Waals surface area contributed by atoms with Gasteiger partial charge >= 0.3 is 0 Å². The van der Waals surface area contributed by atoms with E-state index < -0.39 is 36.8 Å². The Hall–Kier alpha value is -2.60. The third-order valence-electron chi connectivity index (χ3n) is 6.76. The predicted molar refractivity (Wildman–Crippen MR) is 128 cm³/mol. The van der Waals surface area contributed by atoms with E-state index in [0.29, 0.717) is 30.1 Å². The molecule has 10 nitrogen and oxygen atoms in total. The zero-order valence-electron chi connectivity index (χ0n) is 20.5. The molecule has 2 heterocycles. The maximum absolute atomic E-state index is 10.3. The number of benzene rings is 2. The van der Waals surface area contributed by atoms with Gasteiger partial charge in [0.2, 0.25) is 6.29 Å². The molecule has 2 aromatic rings. The minimum Gasteiger partial charge on any atom is -0.493 e. The van der Waals surface area contributed by atoms with E-state index in [9.17, 15) is 25.5 Å². The topological polar surface area (TPSA) is 147 Å². The third-order valence-corrected chi connectivity index (χ3v) is 6.76. The molecule has 198 valence electrons. The van der Waals surface area contributed by atoms with Crippen molar-refractivity contribution in [1.29, 1.82) is 0 Å². The van der Waals surface area contributed by atoms with Crippen LogP contribution in [0, 0.1) is 0 Å². The summed E-state index contributed by atoms with van der Waals surface area (Å²) in [4.78, 5) is 0. The van der Waals surface area contributed by atoms with Crippen LogP contribution in [0.15, 0.2) is 30.3 Å². The van der Waals surface area contributed by atoms with E-state index in [1.54, 1.807) is 32.2 Å². The Morgan fingerprint density at radius 2 is 1.64 bits per heavy atom. The van der Waals surface area contributed by atoms with Gasteiger partial charge in [0.1, 0.15) is 24.4 Å². The molecule has 36 heavy (non-hydrogen) atoms. The maximum atomic E-state index is 10.3. The fourth-order valence-electron chi connectivity index (χ4n) is 4.72. The summed E-state index contributed by atoms with van der Waals surface area (Å²) in [6, 6.07) is 8.98. The van der Waals surface area contributed by atoms with Gasteiger partial charge < -0.3 is 49.2 Å². The van der Waals surface area contributed by atoms with Gasteiger partial charge in [-0.3, -0.25) is 0 Å². The van der Waals surface area contributed by atoms with Crippen LogP contribution in [-0.2, 0) is 11.2 Å². The maximum Gasteiger partial charge on any atom is 0.229 e. The standard InChI is InChI=1S/C26H34O10/c1-13-21(29)22(30)23(31)26(34-13)35-18-7-6-15(11-19(18)32-2)24-17(12-28)16-9-14(5-4-8-27)10-20(33-3)25(16)36-24/h6-7,9-11,13,17,21-24,26-31H,4-5,8,12H2,1-3H3/t13-,17+,21-,22+,23+,24+,26-/m0/s1. The fraction of sp³-hybridized carbons (Fsp3) is 0.538. The van der Waals surface area contributed by atoms with Gasteiger partial charge in [0.15, 0.2) is 23.0 Å². The largest absolute Gasteiger partial charge is 0.493 e. The second kappa shape index (κ2) is 11.2. The summed E-state index contributed by atoms with van der Waals surface area (Å²) >= 11 is 0. The van der Waals surface area contributed by atoms with Gasteiger partial charge in [-0.15, -0.1) is 0 Å². The summed E-state index contributed by atoms with van der Waals surface area (Å²) in [7, 11) is 3.03. The Kier molecular flexibility index (Phi) is 8.23. The number of aliphatic hydroxyl groups excluding tert-OH is 5. The molecule has 5 N–H and O–H groups in total. The lowest BCUT2D eigenvalue weighted by Crippen LogP contribution is -2.58. The van der Waals surface area contributed by atoms with E-state index >= 15 is 0 Å². The molecule has 4 rings (SSSR count). The Morgan fingerprint density at radius 1 is 0.889 bits per heavy atom. The molecule has 2 aromatic carbocycles. The van der Waals surface area contributed by atoms with Crippen molar-refractivity contribution in [3.8, 4) is 23.0 Å². The quantitative estimate of drug-likeness (QED) is 0.334. The molecule has 2 aliphatic heterocycles. The van der Waals surface area contributed by atoms with E-state index in [2.05, 4.69) is 0 Å². The highest BCUT2D eigenvalue weighted by atomic mass is 16.7. The van der Waals surface area contributed by atoms with E-state index in [1.807, 2.05) is 12.1 Å². The molecule has 0 aliphatic carbocycles. The van der Waals surface area contributed by atoms with Crippen molar-refractivity contribution < 1.29 is 49.2 Å². The molecule has 10 heteroatoms. The first kappa shape index (κ1) is 26.5. The van der Waals surface area contributed by atoms with Crippen molar-refractivity contribution >= 4 is 0 Å². The van der Waals surface area contributed by atoms with Gasteiger partial charge in [-0.2, -0.15) is 0 Å². The lowest BCUT2D eigenvalue weighted by Gasteiger charge is -2.39. The van der Waals surface area contributed by atoms with Gasteiger partial charge in [0.25, 0.3) is 0 Å². The molecule has 0 aromatic heterocycles. The van der Waals surface area contributed by atoms with Crippen molar-refractivity contribution in [1.82, 2.24) is 0 Å². The lowest BCUT2D eigenvalue weighted by molar-refractivity contribution is -0.268. The molecule has 1 fully saturated rings. The number of hydrogen-bond acceptors (Lipinski definition) is 10. The summed E-state index contributed by atoms with van der Waals surface area (Å²) in [6.45, 7) is 1.49. The van der Waals surface area contributed by atoms with Crippen LogP contribution < -0.4 is 18.9 Å². The van der Waals surface area contributed by atoms with Crippen LogP contribution in [-0.4, -0.2) is 83.7 Å². The average molecular weight is 507 g/mol. The molecule has 0 saturated carbocycles. The van der Waals surface area contributed by atoms with E-state index in [-0.39, 0.29) is 24.9 Å². The van der Waals surface area contributed by atoms with Crippen LogP contribution in [0.2, 0.25) is 0 Å². The molecular weight excluding hydrogens is 472 g/mol. The minimum absolute atomic E-state index is 0.0809. The molecule has 0 bridgehead atoms. The van der Waals surface area contributed by atoms with Crippen LogP contribution in [0.1, 0.15) is 42.1 Å². The number of methoxy groups -OCH3 is 2. The van der Waals surface area contributed by atoms with Gasteiger partial charge in [-0.1, -0.05) is 12.1 Å². The Labute approximate surface area is 209 Å². The molecule has 1 saturated heterocycles. The van der Waals surface area contributed by atoms with Crippen molar-refractivity contribution in [2.45, 2.75) is 62.5 Å². The Morgan fingerprint density at radius 3 is 2.31 bits per heavy atom. The summed E-state index contributed by atoms with van der Waals surface area (Å²) < 4.78 is 28.7. The van der Waals surface area contributed by atoms with Crippen molar-refractivity contribution in [2.24, 2.45) is 0 Å². The van der Waals surface area contributed by atoms with E-state index in [4.69, 9.17) is 23.7 Å². The van der Waals surface area contributed by atoms with Crippen molar-refractivity contribution in [3.63, 3.8) is 0 Å². The summed E-state index contributed by atoms with van der Waals surface area (Å²) in [5.41, 5.74) is 2.54. The Bertz CT molecular complexity index is 1040. The fourth-order valence-corrected chi connectivity index (χ4v) is 4.72. The van der Waals surface area contributed by atoms with Crippen LogP contribution in [0.5, 0.6) is 23.0 Å². The summed E-state index contributed by atoms with van der Waals surface area (Å²) in [6.07, 6.45) is -5.31. The number of fused-ring (bicyclic) bond motifs is 1.